The lowest BCUT2D eigenvalue weighted by Gasteiger charge is -2.28. The summed E-state index contributed by atoms with van der Waals surface area (Å²) in [5.74, 6) is 0.709. The average Bonchev–Trinajstić information content (AvgIpc) is 3.25. The van der Waals surface area contributed by atoms with Crippen molar-refractivity contribution in [2.75, 3.05) is 45.9 Å². The van der Waals surface area contributed by atoms with E-state index in [1.54, 1.807) is 0 Å². The van der Waals surface area contributed by atoms with Gasteiger partial charge in [0.25, 0.3) is 0 Å². The molecule has 1 amide bonds. The number of hydrogen-bond donors (Lipinski definition) is 0. The molecule has 0 atom stereocenters. The molecule has 0 radical (unpaired) electrons. The maximum absolute atomic E-state index is 13.0. The topological polar surface area (TPSA) is 71.7 Å². The van der Waals surface area contributed by atoms with Gasteiger partial charge in [0.15, 0.2) is 0 Å². The van der Waals surface area contributed by atoms with Crippen LogP contribution < -0.4 is 0 Å². The number of aromatic nitrogens is 2. The third kappa shape index (κ3) is 7.82. The van der Waals surface area contributed by atoms with E-state index in [1.165, 1.54) is 12.1 Å². The number of nitrogens with zero attached hydrogens (tertiary/aromatic N) is 4. The van der Waals surface area contributed by atoms with E-state index in [0.29, 0.717) is 25.9 Å². The van der Waals surface area contributed by atoms with E-state index in [-0.39, 0.29) is 29.1 Å². The Morgan fingerprint density at radius 1 is 1.21 bits per heavy atom. The molecule has 1 fully saturated rings. The first-order valence-electron chi connectivity index (χ1n) is 11.3. The molecule has 0 unspecified atom stereocenters. The number of amides is 1. The van der Waals surface area contributed by atoms with Gasteiger partial charge in [0, 0.05) is 51.1 Å². The molecule has 2 heterocycles. The smallest absolute Gasteiger partial charge is 0.379 e. The molecule has 0 spiro atoms. The third-order valence-electron chi connectivity index (χ3n) is 5.45. The van der Waals surface area contributed by atoms with Gasteiger partial charge in [-0.3, -0.25) is 9.69 Å². The van der Waals surface area contributed by atoms with Gasteiger partial charge in [-0.25, -0.2) is 0 Å². The predicted molar refractivity (Wildman–Crippen MR) is 116 cm³/mol. The Kier molecular flexibility index (Phi) is 8.85. The molecule has 10 heteroatoms. The Morgan fingerprint density at radius 2 is 1.97 bits per heavy atom. The zero-order valence-corrected chi connectivity index (χ0v) is 19.1. The first-order valence-corrected chi connectivity index (χ1v) is 11.3. The highest BCUT2D eigenvalue weighted by atomic mass is 19.4. The van der Waals surface area contributed by atoms with Crippen molar-refractivity contribution in [2.24, 2.45) is 5.92 Å². The number of morpholine rings is 1. The summed E-state index contributed by atoms with van der Waals surface area (Å²) in [6, 6.07) is 4.82. The monoisotopic (exact) mass is 468 g/mol. The second kappa shape index (κ2) is 11.6. The average molecular weight is 469 g/mol. The minimum atomic E-state index is -4.44. The van der Waals surface area contributed by atoms with Crippen LogP contribution in [0.2, 0.25) is 0 Å². The first-order chi connectivity index (χ1) is 15.7. The Labute approximate surface area is 191 Å². The normalized spacial score (nSPS) is 15.2. The van der Waals surface area contributed by atoms with Crippen LogP contribution in [0.5, 0.6) is 0 Å². The van der Waals surface area contributed by atoms with Gasteiger partial charge in [-0.05, 0) is 24.5 Å². The van der Waals surface area contributed by atoms with Gasteiger partial charge >= 0.3 is 6.18 Å². The van der Waals surface area contributed by atoms with E-state index in [9.17, 15) is 18.0 Å². The van der Waals surface area contributed by atoms with Crippen molar-refractivity contribution >= 4 is 5.91 Å². The highest BCUT2D eigenvalue weighted by molar-refractivity contribution is 5.76. The van der Waals surface area contributed by atoms with Crippen molar-refractivity contribution in [1.82, 2.24) is 19.9 Å². The Morgan fingerprint density at radius 3 is 2.67 bits per heavy atom. The van der Waals surface area contributed by atoms with E-state index in [0.717, 1.165) is 51.4 Å². The van der Waals surface area contributed by atoms with Crippen molar-refractivity contribution < 1.29 is 27.2 Å². The van der Waals surface area contributed by atoms with Gasteiger partial charge in [0.05, 0.1) is 18.8 Å². The SMILES string of the molecule is CC(C)CC(=O)N(CCCN1CCOCC1)CCc1nc(-c2cccc(C(F)(F)F)c2)no1. The Hall–Kier alpha value is -2.46. The third-order valence-corrected chi connectivity index (χ3v) is 5.45. The van der Waals surface area contributed by atoms with Crippen molar-refractivity contribution in [3.05, 3.63) is 35.7 Å². The highest BCUT2D eigenvalue weighted by Crippen LogP contribution is 2.31. The summed E-state index contributed by atoms with van der Waals surface area (Å²) in [4.78, 5) is 21.1. The lowest BCUT2D eigenvalue weighted by molar-refractivity contribution is -0.137. The maximum atomic E-state index is 13.0. The molecule has 1 aromatic heterocycles. The van der Waals surface area contributed by atoms with E-state index >= 15 is 0 Å². The summed E-state index contributed by atoms with van der Waals surface area (Å²) in [5.41, 5.74) is -0.532. The van der Waals surface area contributed by atoms with Crippen LogP contribution in [-0.2, 0) is 22.1 Å². The largest absolute Gasteiger partial charge is 0.416 e. The summed E-state index contributed by atoms with van der Waals surface area (Å²) in [6.07, 6.45) is -2.80. The second-order valence-electron chi connectivity index (χ2n) is 8.63. The highest BCUT2D eigenvalue weighted by Gasteiger charge is 2.30. The summed E-state index contributed by atoms with van der Waals surface area (Å²) in [5, 5.41) is 3.83. The fraction of sp³-hybridized carbons (Fsp3) is 0.609. The second-order valence-corrected chi connectivity index (χ2v) is 8.63. The zero-order valence-electron chi connectivity index (χ0n) is 19.1. The van der Waals surface area contributed by atoms with Gasteiger partial charge < -0.3 is 14.2 Å². The van der Waals surface area contributed by atoms with E-state index in [4.69, 9.17) is 9.26 Å². The number of hydrogen-bond acceptors (Lipinski definition) is 6. The number of benzene rings is 1. The van der Waals surface area contributed by atoms with Gasteiger partial charge in [-0.2, -0.15) is 18.2 Å². The fourth-order valence-electron chi connectivity index (χ4n) is 3.69. The van der Waals surface area contributed by atoms with Crippen LogP contribution in [0.15, 0.2) is 28.8 Å². The summed E-state index contributed by atoms with van der Waals surface area (Å²) in [6.45, 7) is 9.22. The minimum Gasteiger partial charge on any atom is -0.379 e. The van der Waals surface area contributed by atoms with Crippen LogP contribution in [0.4, 0.5) is 13.2 Å². The maximum Gasteiger partial charge on any atom is 0.416 e. The predicted octanol–water partition coefficient (Wildman–Crippen LogP) is 3.89. The standard InChI is InChI=1S/C23H31F3N4O3/c1-17(2)15-21(31)30(9-4-8-29-11-13-32-14-12-29)10-7-20-27-22(28-33-20)18-5-3-6-19(16-18)23(24,25)26/h3,5-6,16-17H,4,7-15H2,1-2H3. The molecule has 1 aliphatic heterocycles. The van der Waals surface area contributed by atoms with Gasteiger partial charge in [0.1, 0.15) is 0 Å². The summed E-state index contributed by atoms with van der Waals surface area (Å²) < 4.78 is 49.5. The number of rotatable bonds is 10. The number of alkyl halides is 3. The van der Waals surface area contributed by atoms with Crippen molar-refractivity contribution in [1.29, 1.82) is 0 Å². The molecule has 33 heavy (non-hydrogen) atoms. The van der Waals surface area contributed by atoms with Crippen LogP contribution >= 0.6 is 0 Å². The minimum absolute atomic E-state index is 0.0737. The van der Waals surface area contributed by atoms with E-state index in [1.807, 2.05) is 18.7 Å². The van der Waals surface area contributed by atoms with E-state index < -0.39 is 11.7 Å². The number of carbonyl (C=O) groups is 1. The van der Waals surface area contributed by atoms with Crippen molar-refractivity contribution in [3.8, 4) is 11.4 Å². The quantitative estimate of drug-likeness (QED) is 0.527. The number of halogens is 3. The molecule has 0 saturated carbocycles. The molecule has 2 aromatic rings. The molecular formula is C23H31F3N4O3. The molecule has 0 bridgehead atoms. The summed E-state index contributed by atoms with van der Waals surface area (Å²) in [7, 11) is 0. The lowest BCUT2D eigenvalue weighted by Crippen LogP contribution is -2.39. The summed E-state index contributed by atoms with van der Waals surface area (Å²) >= 11 is 0. The molecule has 1 saturated heterocycles. The molecule has 0 aliphatic carbocycles. The van der Waals surface area contributed by atoms with E-state index in [2.05, 4.69) is 15.0 Å². The molecule has 7 nitrogen and oxygen atoms in total. The first kappa shape index (κ1) is 25.2. The Balaban J connectivity index is 1.59. The molecular weight excluding hydrogens is 437 g/mol. The molecule has 0 N–H and O–H groups in total. The van der Waals surface area contributed by atoms with Crippen molar-refractivity contribution in [3.63, 3.8) is 0 Å². The van der Waals surface area contributed by atoms with Crippen LogP contribution in [0, 0.1) is 5.92 Å². The van der Waals surface area contributed by atoms with Gasteiger partial charge in [-0.15, -0.1) is 0 Å². The number of ether oxygens (including phenoxy) is 1. The van der Waals surface area contributed by atoms with Gasteiger partial charge in [-0.1, -0.05) is 31.1 Å². The Bertz CT molecular complexity index is 895. The van der Waals surface area contributed by atoms with Crippen LogP contribution in [-0.4, -0.2) is 71.8 Å². The van der Waals surface area contributed by atoms with Crippen LogP contribution in [0.1, 0.15) is 38.1 Å². The molecule has 182 valence electrons. The fourth-order valence-corrected chi connectivity index (χ4v) is 3.69. The van der Waals surface area contributed by atoms with Crippen molar-refractivity contribution in [2.45, 2.75) is 39.3 Å². The zero-order chi connectivity index (χ0) is 23.8. The van der Waals surface area contributed by atoms with Gasteiger partial charge in [0.2, 0.25) is 17.6 Å². The lowest BCUT2D eigenvalue weighted by atomic mass is 10.1. The molecule has 1 aromatic carbocycles. The van der Waals surface area contributed by atoms with Crippen LogP contribution in [0.3, 0.4) is 0 Å². The molecule has 1 aliphatic rings. The van der Waals surface area contributed by atoms with Crippen LogP contribution in [0.25, 0.3) is 11.4 Å². The number of carbonyl (C=O) groups excluding carboxylic acids is 1. The molecule has 3 rings (SSSR count).